The molecule has 2 aromatic rings. The minimum atomic E-state index is -3.48. The lowest BCUT2D eigenvalue weighted by Crippen LogP contribution is -2.35. The van der Waals surface area contributed by atoms with Crippen LogP contribution in [-0.4, -0.2) is 54.5 Å². The van der Waals surface area contributed by atoms with Gasteiger partial charge in [-0.1, -0.05) is 127 Å². The normalized spacial score (nSPS) is 18.9. The van der Waals surface area contributed by atoms with Gasteiger partial charge >= 0.3 is 13.3 Å². The standard InChI is InChI=1S/C35H58N3O7P/c1-2-3-4-5-6-7-8-9-10-11-12-13-14-15-19-24-41-27-33(42-26-31-20-17-16-18-21-31)29-45-46(40)30-43-32(28-44-46)25-38-23-22-34(36)37-35(38)39/h16-18,20-23,32-33H,2-15,19,24-30H2,1H3,(H2,36,37,39)/t32-,33+,46?/m0/s1. The molecule has 3 rings (SSSR count). The number of unbranched alkanes of at least 4 members (excludes halogenated alkanes) is 14. The van der Waals surface area contributed by atoms with Crippen LogP contribution in [-0.2, 0) is 41.0 Å². The summed E-state index contributed by atoms with van der Waals surface area (Å²) in [6.45, 7) is 3.95. The quantitative estimate of drug-likeness (QED) is 0.0790. The minimum Gasteiger partial charge on any atom is -0.383 e. The Balaban J connectivity index is 1.27. The SMILES string of the molecule is CCCCCCCCCCCCCCCCCOC[C@H](COP1(=O)CO[C@@H](Cn2ccc(N)nc2=O)CO1)OCc1ccccc1. The molecule has 2 heterocycles. The Labute approximate surface area is 276 Å². The van der Waals surface area contributed by atoms with Gasteiger partial charge in [0.1, 0.15) is 24.4 Å². The number of ether oxygens (including phenoxy) is 3. The molecule has 0 aliphatic carbocycles. The van der Waals surface area contributed by atoms with E-state index in [0.717, 1.165) is 18.4 Å². The van der Waals surface area contributed by atoms with Gasteiger partial charge in [0.2, 0.25) is 0 Å². The largest absolute Gasteiger partial charge is 0.383 e. The number of benzene rings is 1. The summed E-state index contributed by atoms with van der Waals surface area (Å²) in [6, 6.07) is 11.4. The molecule has 1 aromatic carbocycles. The predicted octanol–water partition coefficient (Wildman–Crippen LogP) is 7.88. The van der Waals surface area contributed by atoms with Crippen molar-refractivity contribution in [2.24, 2.45) is 0 Å². The van der Waals surface area contributed by atoms with Crippen molar-refractivity contribution < 1.29 is 27.8 Å². The first-order valence-corrected chi connectivity index (χ1v) is 19.3. The van der Waals surface area contributed by atoms with Gasteiger partial charge in [-0.15, -0.1) is 0 Å². The number of hydrogen-bond acceptors (Lipinski definition) is 9. The van der Waals surface area contributed by atoms with Crippen molar-refractivity contribution >= 4 is 13.4 Å². The molecule has 2 N–H and O–H groups in total. The van der Waals surface area contributed by atoms with Crippen LogP contribution in [0.1, 0.15) is 109 Å². The molecule has 3 atom stereocenters. The first-order valence-electron chi connectivity index (χ1n) is 17.5. The third-order valence-electron chi connectivity index (χ3n) is 8.20. The van der Waals surface area contributed by atoms with E-state index < -0.39 is 25.5 Å². The smallest absolute Gasteiger partial charge is 0.356 e. The first-order chi connectivity index (χ1) is 22.5. The van der Waals surface area contributed by atoms with Gasteiger partial charge in [0.25, 0.3) is 0 Å². The molecule has 10 nitrogen and oxygen atoms in total. The first kappa shape index (κ1) is 38.4. The molecule has 1 aromatic heterocycles. The summed E-state index contributed by atoms with van der Waals surface area (Å²) < 4.78 is 43.7. The van der Waals surface area contributed by atoms with E-state index in [1.807, 2.05) is 30.3 Å². The summed E-state index contributed by atoms with van der Waals surface area (Å²) in [5.41, 5.74) is 6.11. The van der Waals surface area contributed by atoms with E-state index in [1.54, 1.807) is 6.20 Å². The number of nitrogens with two attached hydrogens (primary N) is 1. The Morgan fingerprint density at radius 1 is 0.913 bits per heavy atom. The molecular formula is C35H58N3O7P. The molecule has 1 aliphatic rings. The van der Waals surface area contributed by atoms with E-state index in [1.165, 1.54) is 94.1 Å². The van der Waals surface area contributed by atoms with Crippen molar-refractivity contribution in [2.45, 2.75) is 129 Å². The Morgan fingerprint density at radius 3 is 2.13 bits per heavy atom. The van der Waals surface area contributed by atoms with Crippen LogP contribution in [0.5, 0.6) is 0 Å². The van der Waals surface area contributed by atoms with Crippen LogP contribution in [0.3, 0.4) is 0 Å². The molecule has 0 bridgehead atoms. The second-order valence-electron chi connectivity index (χ2n) is 12.4. The van der Waals surface area contributed by atoms with E-state index in [2.05, 4.69) is 11.9 Å². The zero-order chi connectivity index (χ0) is 32.7. The highest BCUT2D eigenvalue weighted by molar-refractivity contribution is 7.53. The molecule has 46 heavy (non-hydrogen) atoms. The van der Waals surface area contributed by atoms with Crippen molar-refractivity contribution in [3.63, 3.8) is 0 Å². The Bertz CT molecular complexity index is 1150. The fourth-order valence-corrected chi connectivity index (χ4v) is 6.78. The molecule has 0 amide bonds. The van der Waals surface area contributed by atoms with E-state index >= 15 is 0 Å². The van der Waals surface area contributed by atoms with Crippen molar-refractivity contribution in [1.29, 1.82) is 0 Å². The van der Waals surface area contributed by atoms with Crippen molar-refractivity contribution in [1.82, 2.24) is 9.55 Å². The number of hydrogen-bond donors (Lipinski definition) is 1. The molecule has 11 heteroatoms. The van der Waals surface area contributed by atoms with Gasteiger partial charge in [-0.25, -0.2) is 4.79 Å². The van der Waals surface area contributed by atoms with Crippen LogP contribution in [0.2, 0.25) is 0 Å². The van der Waals surface area contributed by atoms with E-state index in [9.17, 15) is 9.36 Å². The molecule has 1 unspecified atom stereocenters. The van der Waals surface area contributed by atoms with Crippen LogP contribution in [0.4, 0.5) is 5.82 Å². The number of rotatable bonds is 26. The Kier molecular flexibility index (Phi) is 19.4. The van der Waals surface area contributed by atoms with E-state index in [4.69, 9.17) is 29.0 Å². The van der Waals surface area contributed by atoms with Crippen molar-refractivity contribution in [2.75, 3.05) is 38.5 Å². The number of nitrogen functional groups attached to an aromatic ring is 1. The molecule has 1 saturated heterocycles. The fraction of sp³-hybridized carbons (Fsp3) is 0.714. The molecule has 0 radical (unpaired) electrons. The van der Waals surface area contributed by atoms with Crippen molar-refractivity contribution in [3.8, 4) is 0 Å². The van der Waals surface area contributed by atoms with Gasteiger partial charge in [-0.05, 0) is 18.1 Å². The summed E-state index contributed by atoms with van der Waals surface area (Å²) >= 11 is 0. The van der Waals surface area contributed by atoms with Crippen LogP contribution >= 0.6 is 7.60 Å². The second-order valence-corrected chi connectivity index (χ2v) is 14.3. The van der Waals surface area contributed by atoms with Gasteiger partial charge in [-0.3, -0.25) is 9.13 Å². The van der Waals surface area contributed by atoms with E-state index in [0.29, 0.717) is 19.8 Å². The minimum absolute atomic E-state index is 0.0271. The maximum Gasteiger partial charge on any atom is 0.356 e. The van der Waals surface area contributed by atoms with Gasteiger partial charge in [0, 0.05) is 12.8 Å². The molecular weight excluding hydrogens is 605 g/mol. The highest BCUT2D eigenvalue weighted by atomic mass is 31.2. The Hall–Kier alpha value is -2.07. The molecule has 1 fully saturated rings. The van der Waals surface area contributed by atoms with Crippen LogP contribution in [0, 0.1) is 0 Å². The summed E-state index contributed by atoms with van der Waals surface area (Å²) in [6.07, 6.45) is 20.4. The van der Waals surface area contributed by atoms with E-state index in [-0.39, 0.29) is 31.9 Å². The topological polar surface area (TPSA) is 124 Å². The maximum atomic E-state index is 13.2. The number of nitrogens with zero attached hydrogens (tertiary/aromatic N) is 2. The molecule has 0 spiro atoms. The van der Waals surface area contributed by atoms with Gasteiger partial charge in [0.05, 0.1) is 33.0 Å². The maximum absolute atomic E-state index is 13.2. The zero-order valence-corrected chi connectivity index (χ0v) is 28.9. The zero-order valence-electron chi connectivity index (χ0n) is 28.0. The summed E-state index contributed by atoms with van der Waals surface area (Å²) in [4.78, 5) is 15.7. The summed E-state index contributed by atoms with van der Waals surface area (Å²) in [5, 5.41) is 0. The highest BCUT2D eigenvalue weighted by Crippen LogP contribution is 2.51. The van der Waals surface area contributed by atoms with Gasteiger partial charge in [-0.2, -0.15) is 4.98 Å². The van der Waals surface area contributed by atoms with Crippen LogP contribution < -0.4 is 11.4 Å². The highest BCUT2D eigenvalue weighted by Gasteiger charge is 2.34. The predicted molar refractivity (Wildman–Crippen MR) is 183 cm³/mol. The second kappa shape index (κ2) is 23.3. The monoisotopic (exact) mass is 663 g/mol. The third-order valence-corrected chi connectivity index (χ3v) is 9.75. The lowest BCUT2D eigenvalue weighted by atomic mass is 10.0. The summed E-state index contributed by atoms with van der Waals surface area (Å²) in [7, 11) is -3.48. The molecule has 0 saturated carbocycles. The van der Waals surface area contributed by atoms with Crippen molar-refractivity contribution in [3.05, 3.63) is 58.6 Å². The number of aromatic nitrogens is 2. The average Bonchev–Trinajstić information content (AvgIpc) is 3.06. The fourth-order valence-electron chi connectivity index (χ4n) is 5.38. The van der Waals surface area contributed by atoms with Gasteiger partial charge < -0.3 is 29.0 Å². The van der Waals surface area contributed by atoms with Crippen LogP contribution in [0.25, 0.3) is 0 Å². The van der Waals surface area contributed by atoms with Crippen LogP contribution in [0.15, 0.2) is 47.4 Å². The lowest BCUT2D eigenvalue weighted by molar-refractivity contribution is -0.0575. The molecule has 1 aliphatic heterocycles. The summed E-state index contributed by atoms with van der Waals surface area (Å²) in [5.74, 6) is 0.155. The van der Waals surface area contributed by atoms with Gasteiger partial charge in [0.15, 0.2) is 0 Å². The number of anilines is 1. The third kappa shape index (κ3) is 16.7. The Morgan fingerprint density at radius 2 is 1.54 bits per heavy atom. The lowest BCUT2D eigenvalue weighted by Gasteiger charge is -2.30. The molecule has 260 valence electrons. The average molecular weight is 664 g/mol.